The molecule has 0 spiro atoms. The number of hydrogen-bond acceptors (Lipinski definition) is 4. The van der Waals surface area contributed by atoms with Crippen LogP contribution >= 0.6 is 11.3 Å². The smallest absolute Gasteiger partial charge is 0.185 e. The van der Waals surface area contributed by atoms with Gasteiger partial charge in [0.2, 0.25) is 0 Å². The zero-order chi connectivity index (χ0) is 14.8. The highest BCUT2D eigenvalue weighted by Gasteiger charge is 2.27. The minimum Gasteiger partial charge on any atom is -0.348 e. The van der Waals surface area contributed by atoms with Gasteiger partial charge in [0.05, 0.1) is 0 Å². The van der Waals surface area contributed by atoms with Crippen LogP contribution < -0.4 is 10.2 Å². The fraction of sp³-hybridized carbons (Fsp3) is 0.812. The van der Waals surface area contributed by atoms with Gasteiger partial charge in [-0.05, 0) is 44.6 Å². The van der Waals surface area contributed by atoms with Crippen molar-refractivity contribution in [3.63, 3.8) is 0 Å². The molecule has 20 heavy (non-hydrogen) atoms. The second-order valence-corrected chi connectivity index (χ2v) is 8.08. The van der Waals surface area contributed by atoms with Crippen LogP contribution in [0.15, 0.2) is 6.20 Å². The van der Waals surface area contributed by atoms with Crippen molar-refractivity contribution in [2.24, 2.45) is 11.3 Å². The van der Waals surface area contributed by atoms with Crippen LogP contribution in [-0.2, 0) is 0 Å². The molecule has 114 valence electrons. The predicted molar refractivity (Wildman–Crippen MR) is 88.6 cm³/mol. The number of nitrogens with one attached hydrogen (secondary N) is 1. The highest BCUT2D eigenvalue weighted by Crippen LogP contribution is 2.36. The molecule has 0 bridgehead atoms. The molecule has 4 heteroatoms. The van der Waals surface area contributed by atoms with Gasteiger partial charge >= 0.3 is 0 Å². The van der Waals surface area contributed by atoms with Gasteiger partial charge in [-0.2, -0.15) is 0 Å². The van der Waals surface area contributed by atoms with Crippen molar-refractivity contribution < 1.29 is 0 Å². The molecule has 1 saturated heterocycles. The van der Waals surface area contributed by atoms with Crippen LogP contribution in [0.3, 0.4) is 0 Å². The van der Waals surface area contributed by atoms with Crippen LogP contribution in [-0.4, -0.2) is 25.1 Å². The van der Waals surface area contributed by atoms with Gasteiger partial charge in [0.25, 0.3) is 0 Å². The Morgan fingerprint density at radius 2 is 2.10 bits per heavy atom. The summed E-state index contributed by atoms with van der Waals surface area (Å²) in [5, 5.41) is 4.49. The minimum atomic E-state index is 0.399. The van der Waals surface area contributed by atoms with E-state index in [2.05, 4.69) is 42.9 Å². The molecule has 1 aromatic heterocycles. The summed E-state index contributed by atoms with van der Waals surface area (Å²) in [6.07, 6.45) is 5.97. The maximum absolute atomic E-state index is 4.64. The second kappa shape index (κ2) is 6.44. The van der Waals surface area contributed by atoms with Gasteiger partial charge in [-0.1, -0.05) is 20.8 Å². The van der Waals surface area contributed by atoms with Gasteiger partial charge in [-0.25, -0.2) is 4.98 Å². The molecule has 2 unspecified atom stereocenters. The number of aromatic nitrogens is 1. The molecule has 0 aromatic carbocycles. The van der Waals surface area contributed by atoms with Crippen molar-refractivity contribution in [3.8, 4) is 0 Å². The summed E-state index contributed by atoms with van der Waals surface area (Å²) in [6, 6.07) is 0.399. The van der Waals surface area contributed by atoms with Crippen molar-refractivity contribution in [1.82, 2.24) is 10.3 Å². The van der Waals surface area contributed by atoms with E-state index < -0.39 is 0 Å². The standard InChI is InChI=1S/C16H29N3S/c1-12(17-5)14-11-18-15(20-14)19-9-6-7-13(8-10-19)16(2,3)4/h11-13,17H,6-10H2,1-5H3. The molecular weight excluding hydrogens is 266 g/mol. The Kier molecular flexibility index (Phi) is 5.08. The summed E-state index contributed by atoms with van der Waals surface area (Å²) in [5.41, 5.74) is 0.435. The molecule has 1 N–H and O–H groups in total. The Balaban J connectivity index is 2.02. The summed E-state index contributed by atoms with van der Waals surface area (Å²) in [7, 11) is 2.00. The van der Waals surface area contributed by atoms with Crippen molar-refractivity contribution in [1.29, 1.82) is 0 Å². The lowest BCUT2D eigenvalue weighted by Gasteiger charge is -2.29. The van der Waals surface area contributed by atoms with Gasteiger partial charge in [0.15, 0.2) is 5.13 Å². The van der Waals surface area contributed by atoms with E-state index in [0.29, 0.717) is 11.5 Å². The van der Waals surface area contributed by atoms with E-state index in [1.165, 1.54) is 29.3 Å². The lowest BCUT2D eigenvalue weighted by atomic mass is 9.77. The normalized spacial score (nSPS) is 22.6. The number of rotatable bonds is 3. The third-order valence-electron chi connectivity index (χ3n) is 4.59. The number of anilines is 1. The van der Waals surface area contributed by atoms with Gasteiger partial charge in [0.1, 0.15) is 0 Å². The van der Waals surface area contributed by atoms with Gasteiger partial charge in [-0.3, -0.25) is 0 Å². The van der Waals surface area contributed by atoms with Crippen molar-refractivity contribution in [3.05, 3.63) is 11.1 Å². The summed E-state index contributed by atoms with van der Waals surface area (Å²) < 4.78 is 0. The molecule has 0 aliphatic carbocycles. The first-order chi connectivity index (χ1) is 9.41. The monoisotopic (exact) mass is 295 g/mol. The van der Waals surface area contributed by atoms with Crippen molar-refractivity contribution in [2.75, 3.05) is 25.0 Å². The molecule has 2 heterocycles. The Morgan fingerprint density at radius 1 is 1.35 bits per heavy atom. The Labute approximate surface area is 127 Å². The summed E-state index contributed by atoms with van der Waals surface area (Å²) in [5.74, 6) is 0.836. The Hall–Kier alpha value is -0.610. The summed E-state index contributed by atoms with van der Waals surface area (Å²) in [4.78, 5) is 8.46. The van der Waals surface area contributed by atoms with Crippen LogP contribution in [0.2, 0.25) is 0 Å². The van der Waals surface area contributed by atoms with Crippen molar-refractivity contribution in [2.45, 2.75) is 53.0 Å². The third-order valence-corrected chi connectivity index (χ3v) is 5.84. The van der Waals surface area contributed by atoms with Crippen LogP contribution in [0.25, 0.3) is 0 Å². The molecule has 1 fully saturated rings. The maximum Gasteiger partial charge on any atom is 0.185 e. The molecule has 2 rings (SSSR count). The second-order valence-electron chi connectivity index (χ2n) is 7.04. The summed E-state index contributed by atoms with van der Waals surface area (Å²) >= 11 is 1.84. The molecule has 0 amide bonds. The zero-order valence-electron chi connectivity index (χ0n) is 13.6. The van der Waals surface area contributed by atoms with E-state index in [1.807, 2.05) is 24.6 Å². The maximum atomic E-state index is 4.64. The van der Waals surface area contributed by atoms with E-state index in [-0.39, 0.29) is 0 Å². The quantitative estimate of drug-likeness (QED) is 0.911. The van der Waals surface area contributed by atoms with Gasteiger partial charge in [0, 0.05) is 30.2 Å². The minimum absolute atomic E-state index is 0.399. The van der Waals surface area contributed by atoms with E-state index >= 15 is 0 Å². The van der Waals surface area contributed by atoms with Crippen LogP contribution in [0.1, 0.15) is 57.9 Å². The topological polar surface area (TPSA) is 28.2 Å². The average Bonchev–Trinajstić information content (AvgIpc) is 2.74. The predicted octanol–water partition coefficient (Wildman–Crippen LogP) is 4.08. The fourth-order valence-corrected chi connectivity index (χ4v) is 3.95. The fourth-order valence-electron chi connectivity index (χ4n) is 2.92. The SMILES string of the molecule is CNC(C)c1cnc(N2CCCC(C(C)(C)C)CC2)s1. The number of thiazole rings is 1. The van der Waals surface area contributed by atoms with Crippen molar-refractivity contribution >= 4 is 16.5 Å². The van der Waals surface area contributed by atoms with Gasteiger partial charge < -0.3 is 10.2 Å². The first-order valence-electron chi connectivity index (χ1n) is 7.79. The van der Waals surface area contributed by atoms with E-state index in [1.54, 1.807) is 0 Å². The van der Waals surface area contributed by atoms with Crippen LogP contribution in [0.4, 0.5) is 5.13 Å². The summed E-state index contributed by atoms with van der Waals surface area (Å²) in [6.45, 7) is 11.6. The molecule has 1 aliphatic rings. The first-order valence-corrected chi connectivity index (χ1v) is 8.61. The molecular formula is C16H29N3S. The first kappa shape index (κ1) is 15.8. The molecule has 3 nitrogen and oxygen atoms in total. The number of hydrogen-bond donors (Lipinski definition) is 1. The molecule has 0 radical (unpaired) electrons. The highest BCUT2D eigenvalue weighted by molar-refractivity contribution is 7.15. The van der Waals surface area contributed by atoms with Crippen LogP contribution in [0.5, 0.6) is 0 Å². The average molecular weight is 295 g/mol. The number of nitrogens with zero attached hydrogens (tertiary/aromatic N) is 2. The molecule has 0 saturated carbocycles. The zero-order valence-corrected chi connectivity index (χ0v) is 14.4. The van der Waals surface area contributed by atoms with Gasteiger partial charge in [-0.15, -0.1) is 11.3 Å². The molecule has 1 aliphatic heterocycles. The van der Waals surface area contributed by atoms with E-state index in [0.717, 1.165) is 19.0 Å². The Bertz CT molecular complexity index is 422. The lowest BCUT2D eigenvalue weighted by molar-refractivity contribution is 0.220. The third kappa shape index (κ3) is 3.73. The van der Waals surface area contributed by atoms with E-state index in [9.17, 15) is 0 Å². The van der Waals surface area contributed by atoms with E-state index in [4.69, 9.17) is 0 Å². The lowest BCUT2D eigenvalue weighted by Crippen LogP contribution is -2.25. The molecule has 2 atom stereocenters. The largest absolute Gasteiger partial charge is 0.348 e. The molecule has 1 aromatic rings. The van der Waals surface area contributed by atoms with Crippen LogP contribution in [0, 0.1) is 11.3 Å². The highest BCUT2D eigenvalue weighted by atomic mass is 32.1. The Morgan fingerprint density at radius 3 is 2.75 bits per heavy atom.